The lowest BCUT2D eigenvalue weighted by Crippen LogP contribution is -2.36. The number of methoxy groups -OCH3 is 1. The van der Waals surface area contributed by atoms with Crippen molar-refractivity contribution in [3.05, 3.63) is 29.3 Å². The Morgan fingerprint density at radius 2 is 2.14 bits per heavy atom. The fraction of sp³-hybridized carbons (Fsp3) is 0.400. The second kappa shape index (κ2) is 4.95. The molecule has 0 aromatic heterocycles. The molecule has 0 aliphatic carbocycles. The van der Waals surface area contributed by atoms with Gasteiger partial charge in [0, 0.05) is 0 Å². The molecule has 4 nitrogen and oxygen atoms in total. The number of benzene rings is 1. The van der Waals surface area contributed by atoms with Crippen LogP contribution in [0.5, 0.6) is 5.75 Å². The van der Waals surface area contributed by atoms with E-state index in [0.29, 0.717) is 0 Å². The first-order chi connectivity index (χ1) is 6.72. The predicted molar refractivity (Wildman–Crippen MR) is 56.9 cm³/mol. The number of hydrogen-bond donors (Lipinski definition) is 3. The van der Waals surface area contributed by atoms with Crippen LogP contribution in [0.15, 0.2) is 18.2 Å². The average molecular weight is 195 g/mol. The smallest absolute Gasteiger partial charge is 0.121 e. The van der Waals surface area contributed by atoms with E-state index < -0.39 is 0 Å². The summed E-state index contributed by atoms with van der Waals surface area (Å²) in [6.45, 7) is 2.01. The maximum Gasteiger partial charge on any atom is 0.121 e. The van der Waals surface area contributed by atoms with E-state index in [1.54, 1.807) is 7.11 Å². The van der Waals surface area contributed by atoms with Crippen LogP contribution < -0.4 is 21.3 Å². The van der Waals surface area contributed by atoms with Gasteiger partial charge in [-0.3, -0.25) is 5.84 Å². The van der Waals surface area contributed by atoms with Crippen LogP contribution in [0, 0.1) is 6.92 Å². The molecule has 1 atom stereocenters. The van der Waals surface area contributed by atoms with Crippen molar-refractivity contribution in [2.75, 3.05) is 14.2 Å². The topological polar surface area (TPSA) is 59.3 Å². The van der Waals surface area contributed by atoms with E-state index in [2.05, 4.69) is 10.7 Å². The number of ether oxygens (including phenoxy) is 1. The summed E-state index contributed by atoms with van der Waals surface area (Å²) in [5.74, 6) is 6.28. The molecular weight excluding hydrogens is 178 g/mol. The monoisotopic (exact) mass is 195 g/mol. The first kappa shape index (κ1) is 11.0. The highest BCUT2D eigenvalue weighted by molar-refractivity contribution is 5.37. The van der Waals surface area contributed by atoms with Crippen LogP contribution in [0.2, 0.25) is 0 Å². The molecule has 4 N–H and O–H groups in total. The summed E-state index contributed by atoms with van der Waals surface area (Å²) in [5.41, 5.74) is 4.87. The minimum absolute atomic E-state index is 0.0281. The molecule has 0 spiro atoms. The van der Waals surface area contributed by atoms with E-state index in [0.717, 1.165) is 16.9 Å². The Kier molecular flexibility index (Phi) is 3.88. The molecule has 0 radical (unpaired) electrons. The fourth-order valence-electron chi connectivity index (χ4n) is 1.43. The molecule has 14 heavy (non-hydrogen) atoms. The summed E-state index contributed by atoms with van der Waals surface area (Å²) < 4.78 is 5.17. The van der Waals surface area contributed by atoms with Gasteiger partial charge in [0.05, 0.1) is 13.3 Å². The van der Waals surface area contributed by atoms with E-state index in [4.69, 9.17) is 10.6 Å². The quantitative estimate of drug-likeness (QED) is 0.376. The summed E-state index contributed by atoms with van der Waals surface area (Å²) >= 11 is 0. The van der Waals surface area contributed by atoms with Gasteiger partial charge in [-0.2, -0.15) is 0 Å². The molecular formula is C10H17N3O. The van der Waals surface area contributed by atoms with E-state index in [1.165, 1.54) is 0 Å². The fourth-order valence-corrected chi connectivity index (χ4v) is 1.43. The Labute approximate surface area is 84.4 Å². The minimum atomic E-state index is -0.0281. The molecule has 0 aliphatic heterocycles. The highest BCUT2D eigenvalue weighted by Crippen LogP contribution is 2.20. The SMILES string of the molecule is CNC(NN)c1ccc(OC)c(C)c1. The van der Waals surface area contributed by atoms with Crippen LogP contribution in [0.1, 0.15) is 17.3 Å². The molecule has 0 saturated carbocycles. The maximum atomic E-state index is 5.39. The van der Waals surface area contributed by atoms with Gasteiger partial charge in [-0.15, -0.1) is 0 Å². The van der Waals surface area contributed by atoms with Crippen LogP contribution in [0.3, 0.4) is 0 Å². The van der Waals surface area contributed by atoms with E-state index in [9.17, 15) is 0 Å². The van der Waals surface area contributed by atoms with Crippen LogP contribution in [0.25, 0.3) is 0 Å². The highest BCUT2D eigenvalue weighted by atomic mass is 16.5. The zero-order valence-corrected chi connectivity index (χ0v) is 8.79. The Hall–Kier alpha value is -1.10. The lowest BCUT2D eigenvalue weighted by Gasteiger charge is -2.16. The van der Waals surface area contributed by atoms with Crippen molar-refractivity contribution in [1.82, 2.24) is 10.7 Å². The van der Waals surface area contributed by atoms with Crippen LogP contribution in [0.4, 0.5) is 0 Å². The first-order valence-electron chi connectivity index (χ1n) is 4.51. The molecule has 1 unspecified atom stereocenters. The summed E-state index contributed by atoms with van der Waals surface area (Å²) in [7, 11) is 3.52. The number of hydrogen-bond acceptors (Lipinski definition) is 4. The van der Waals surface area contributed by atoms with Gasteiger partial charge in [0.25, 0.3) is 0 Å². The van der Waals surface area contributed by atoms with Gasteiger partial charge in [-0.25, -0.2) is 5.43 Å². The maximum absolute atomic E-state index is 5.39. The third-order valence-electron chi connectivity index (χ3n) is 2.21. The second-order valence-electron chi connectivity index (χ2n) is 3.12. The van der Waals surface area contributed by atoms with Crippen molar-refractivity contribution in [3.63, 3.8) is 0 Å². The number of aryl methyl sites for hydroxylation is 1. The summed E-state index contributed by atoms with van der Waals surface area (Å²) in [5, 5.41) is 3.06. The van der Waals surface area contributed by atoms with E-state index in [1.807, 2.05) is 32.2 Å². The lowest BCUT2D eigenvalue weighted by atomic mass is 10.1. The van der Waals surface area contributed by atoms with Gasteiger partial charge in [0.2, 0.25) is 0 Å². The average Bonchev–Trinajstić information content (AvgIpc) is 2.20. The Balaban J connectivity index is 2.95. The molecule has 78 valence electrons. The van der Waals surface area contributed by atoms with E-state index >= 15 is 0 Å². The highest BCUT2D eigenvalue weighted by Gasteiger charge is 2.07. The predicted octanol–water partition coefficient (Wildman–Crippen LogP) is 0.685. The van der Waals surface area contributed by atoms with Crippen molar-refractivity contribution in [2.45, 2.75) is 13.1 Å². The molecule has 1 aromatic rings. The summed E-state index contributed by atoms with van der Waals surface area (Å²) in [6, 6.07) is 5.96. The van der Waals surface area contributed by atoms with E-state index in [-0.39, 0.29) is 6.17 Å². The van der Waals surface area contributed by atoms with Crippen molar-refractivity contribution in [2.24, 2.45) is 5.84 Å². The number of rotatable bonds is 4. The molecule has 1 rings (SSSR count). The lowest BCUT2D eigenvalue weighted by molar-refractivity contribution is 0.410. The van der Waals surface area contributed by atoms with Crippen LogP contribution in [-0.2, 0) is 0 Å². The van der Waals surface area contributed by atoms with Crippen LogP contribution >= 0.6 is 0 Å². The number of hydrazine groups is 1. The van der Waals surface area contributed by atoms with Gasteiger partial charge in [-0.1, -0.05) is 6.07 Å². The van der Waals surface area contributed by atoms with Crippen LogP contribution in [-0.4, -0.2) is 14.2 Å². The van der Waals surface area contributed by atoms with Crippen molar-refractivity contribution >= 4 is 0 Å². The Morgan fingerprint density at radius 1 is 1.43 bits per heavy atom. The van der Waals surface area contributed by atoms with Gasteiger partial charge >= 0.3 is 0 Å². The molecule has 0 fully saturated rings. The van der Waals surface area contributed by atoms with Gasteiger partial charge in [0.1, 0.15) is 5.75 Å². The van der Waals surface area contributed by atoms with Crippen molar-refractivity contribution in [3.8, 4) is 5.75 Å². The second-order valence-corrected chi connectivity index (χ2v) is 3.12. The van der Waals surface area contributed by atoms with Crippen molar-refractivity contribution < 1.29 is 4.74 Å². The zero-order chi connectivity index (χ0) is 10.6. The van der Waals surface area contributed by atoms with Gasteiger partial charge in [-0.05, 0) is 37.2 Å². The standard InChI is InChI=1S/C10H17N3O/c1-7-6-8(10(12-2)13-11)4-5-9(7)14-3/h4-6,10,12-13H,11H2,1-3H3. The molecule has 0 aliphatic rings. The Morgan fingerprint density at radius 3 is 2.57 bits per heavy atom. The third-order valence-corrected chi connectivity index (χ3v) is 2.21. The molecule has 0 heterocycles. The largest absolute Gasteiger partial charge is 0.496 e. The Bertz CT molecular complexity index is 297. The molecule has 4 heteroatoms. The first-order valence-corrected chi connectivity index (χ1v) is 4.51. The van der Waals surface area contributed by atoms with Crippen molar-refractivity contribution in [1.29, 1.82) is 0 Å². The molecule has 0 saturated heterocycles. The normalized spacial score (nSPS) is 12.6. The molecule has 0 bridgehead atoms. The third kappa shape index (κ3) is 2.23. The summed E-state index contributed by atoms with van der Waals surface area (Å²) in [4.78, 5) is 0. The minimum Gasteiger partial charge on any atom is -0.496 e. The molecule has 1 aromatic carbocycles. The summed E-state index contributed by atoms with van der Waals surface area (Å²) in [6.07, 6.45) is -0.0281. The zero-order valence-electron chi connectivity index (χ0n) is 8.79. The number of nitrogens with two attached hydrogens (primary N) is 1. The van der Waals surface area contributed by atoms with Gasteiger partial charge in [0.15, 0.2) is 0 Å². The molecule has 0 amide bonds. The van der Waals surface area contributed by atoms with Gasteiger partial charge < -0.3 is 10.1 Å². The number of nitrogens with one attached hydrogen (secondary N) is 2.